The molecule has 0 aromatic carbocycles. The number of piperidine rings is 1. The quantitative estimate of drug-likeness (QED) is 0.926. The van der Waals surface area contributed by atoms with Crippen molar-refractivity contribution >= 4 is 17.2 Å². The summed E-state index contributed by atoms with van der Waals surface area (Å²) in [6.45, 7) is 3.62. The van der Waals surface area contributed by atoms with E-state index in [1.807, 2.05) is 23.3 Å². The van der Waals surface area contributed by atoms with Crippen molar-refractivity contribution in [2.45, 2.75) is 38.3 Å². The molecular formula is C15H20N4O2S. The van der Waals surface area contributed by atoms with Gasteiger partial charge in [0.15, 0.2) is 0 Å². The van der Waals surface area contributed by atoms with E-state index in [2.05, 4.69) is 14.5 Å². The van der Waals surface area contributed by atoms with Gasteiger partial charge in [-0.05, 0) is 19.8 Å². The van der Waals surface area contributed by atoms with E-state index < -0.39 is 6.10 Å². The SMILES string of the molecule is C[C@H](O)C(=O)N1CCC(c2nccn2Cc2cscn2)CC1. The first kappa shape index (κ1) is 15.2. The summed E-state index contributed by atoms with van der Waals surface area (Å²) in [5.74, 6) is 1.24. The molecule has 118 valence electrons. The maximum absolute atomic E-state index is 11.8. The number of hydrogen-bond acceptors (Lipinski definition) is 5. The largest absolute Gasteiger partial charge is 0.384 e. The molecule has 2 aromatic heterocycles. The van der Waals surface area contributed by atoms with E-state index in [4.69, 9.17) is 0 Å². The van der Waals surface area contributed by atoms with Gasteiger partial charge >= 0.3 is 0 Å². The molecule has 6 nitrogen and oxygen atoms in total. The summed E-state index contributed by atoms with van der Waals surface area (Å²) in [7, 11) is 0. The Balaban J connectivity index is 1.64. The summed E-state index contributed by atoms with van der Waals surface area (Å²) in [5.41, 5.74) is 2.89. The van der Waals surface area contributed by atoms with Gasteiger partial charge in [-0.2, -0.15) is 0 Å². The van der Waals surface area contributed by atoms with Gasteiger partial charge in [0.2, 0.25) is 0 Å². The number of hydrogen-bond donors (Lipinski definition) is 1. The van der Waals surface area contributed by atoms with Crippen LogP contribution in [0.3, 0.4) is 0 Å². The van der Waals surface area contributed by atoms with Crippen molar-refractivity contribution in [2.24, 2.45) is 0 Å². The number of aliphatic hydroxyl groups excluding tert-OH is 1. The van der Waals surface area contributed by atoms with Gasteiger partial charge in [0.05, 0.1) is 17.7 Å². The Morgan fingerprint density at radius 1 is 1.45 bits per heavy atom. The normalized spacial score (nSPS) is 17.6. The van der Waals surface area contributed by atoms with Crippen molar-refractivity contribution in [2.75, 3.05) is 13.1 Å². The average molecular weight is 320 g/mol. The van der Waals surface area contributed by atoms with Gasteiger partial charge in [0, 0.05) is 36.8 Å². The van der Waals surface area contributed by atoms with Gasteiger partial charge in [0.25, 0.3) is 5.91 Å². The van der Waals surface area contributed by atoms with Gasteiger partial charge < -0.3 is 14.6 Å². The Hall–Kier alpha value is -1.73. The number of aromatic nitrogens is 3. The number of carbonyl (C=O) groups is 1. The van der Waals surface area contributed by atoms with Gasteiger partial charge in [-0.25, -0.2) is 9.97 Å². The molecule has 1 atom stereocenters. The third-order valence-corrected chi connectivity index (χ3v) is 4.73. The lowest BCUT2D eigenvalue weighted by atomic mass is 9.95. The van der Waals surface area contributed by atoms with Crippen molar-refractivity contribution in [3.63, 3.8) is 0 Å². The minimum Gasteiger partial charge on any atom is -0.384 e. The maximum atomic E-state index is 11.8. The number of likely N-dealkylation sites (tertiary alicyclic amines) is 1. The minimum absolute atomic E-state index is 0.177. The van der Waals surface area contributed by atoms with Crippen LogP contribution in [0.2, 0.25) is 0 Å². The Labute approximate surface area is 133 Å². The van der Waals surface area contributed by atoms with Gasteiger partial charge in [-0.1, -0.05) is 0 Å². The summed E-state index contributed by atoms with van der Waals surface area (Å²) in [5, 5.41) is 11.4. The first-order chi connectivity index (χ1) is 10.6. The van der Waals surface area contributed by atoms with Crippen LogP contribution in [-0.4, -0.2) is 49.6 Å². The van der Waals surface area contributed by atoms with Crippen LogP contribution in [0.4, 0.5) is 0 Å². The van der Waals surface area contributed by atoms with E-state index in [0.29, 0.717) is 19.0 Å². The van der Waals surface area contributed by atoms with Crippen LogP contribution in [0, 0.1) is 0 Å². The minimum atomic E-state index is -0.914. The molecule has 1 amide bonds. The molecule has 22 heavy (non-hydrogen) atoms. The molecule has 1 aliphatic rings. The van der Waals surface area contributed by atoms with Crippen LogP contribution >= 0.6 is 11.3 Å². The summed E-state index contributed by atoms with van der Waals surface area (Å²) in [6.07, 6.45) is 4.67. The first-order valence-corrected chi connectivity index (χ1v) is 8.44. The number of rotatable bonds is 4. The molecule has 0 unspecified atom stereocenters. The fourth-order valence-electron chi connectivity index (χ4n) is 2.93. The second-order valence-corrected chi connectivity index (χ2v) is 6.39. The van der Waals surface area contributed by atoms with Gasteiger partial charge in [-0.15, -0.1) is 11.3 Å². The van der Waals surface area contributed by atoms with Crippen LogP contribution in [0.25, 0.3) is 0 Å². The zero-order valence-electron chi connectivity index (χ0n) is 12.6. The van der Waals surface area contributed by atoms with E-state index in [1.165, 1.54) is 6.92 Å². The molecule has 0 saturated carbocycles. The topological polar surface area (TPSA) is 71.2 Å². The molecule has 1 N–H and O–H groups in total. The molecule has 0 radical (unpaired) electrons. The van der Waals surface area contributed by atoms with Crippen molar-refractivity contribution in [3.8, 4) is 0 Å². The predicted octanol–water partition coefficient (Wildman–Crippen LogP) is 1.47. The molecule has 0 aliphatic carbocycles. The van der Waals surface area contributed by atoms with Crippen LogP contribution in [0.15, 0.2) is 23.3 Å². The molecule has 0 bridgehead atoms. The fourth-order valence-corrected chi connectivity index (χ4v) is 3.48. The first-order valence-electron chi connectivity index (χ1n) is 7.50. The standard InChI is InChI=1S/C15H20N4O2S/c1-11(20)15(21)18-5-2-12(3-6-18)14-16-4-7-19(14)8-13-9-22-10-17-13/h4,7,9-12,20H,2-3,5-6,8H2,1H3/t11-/m0/s1. The van der Waals surface area contributed by atoms with Crippen molar-refractivity contribution < 1.29 is 9.90 Å². The molecule has 1 fully saturated rings. The van der Waals surface area contributed by atoms with Gasteiger partial charge in [-0.3, -0.25) is 4.79 Å². The highest BCUT2D eigenvalue weighted by molar-refractivity contribution is 7.07. The molecule has 3 rings (SSSR count). The molecule has 3 heterocycles. The van der Waals surface area contributed by atoms with E-state index in [9.17, 15) is 9.90 Å². The third kappa shape index (κ3) is 3.20. The average Bonchev–Trinajstić information content (AvgIpc) is 3.19. The van der Waals surface area contributed by atoms with Crippen LogP contribution < -0.4 is 0 Å². The molecule has 1 aliphatic heterocycles. The third-order valence-electron chi connectivity index (χ3n) is 4.09. The second-order valence-electron chi connectivity index (χ2n) is 5.67. The number of amides is 1. The fraction of sp³-hybridized carbons (Fsp3) is 0.533. The van der Waals surface area contributed by atoms with E-state index >= 15 is 0 Å². The van der Waals surface area contributed by atoms with E-state index in [-0.39, 0.29) is 5.91 Å². The van der Waals surface area contributed by atoms with Crippen molar-refractivity contribution in [1.82, 2.24) is 19.4 Å². The summed E-state index contributed by atoms with van der Waals surface area (Å²) < 4.78 is 2.14. The zero-order chi connectivity index (χ0) is 15.5. The van der Waals surface area contributed by atoms with E-state index in [1.54, 1.807) is 16.2 Å². The number of aliphatic hydroxyl groups is 1. The van der Waals surface area contributed by atoms with E-state index in [0.717, 1.165) is 30.9 Å². The van der Waals surface area contributed by atoms with Crippen LogP contribution in [-0.2, 0) is 11.3 Å². The number of nitrogens with zero attached hydrogens (tertiary/aromatic N) is 4. The molecular weight excluding hydrogens is 300 g/mol. The van der Waals surface area contributed by atoms with Crippen LogP contribution in [0.5, 0.6) is 0 Å². The zero-order valence-corrected chi connectivity index (χ0v) is 13.4. The molecule has 7 heteroatoms. The molecule has 0 spiro atoms. The van der Waals surface area contributed by atoms with Crippen molar-refractivity contribution in [3.05, 3.63) is 34.8 Å². The Morgan fingerprint density at radius 3 is 2.86 bits per heavy atom. The lowest BCUT2D eigenvalue weighted by molar-refractivity contribution is -0.140. The maximum Gasteiger partial charge on any atom is 0.251 e. The lowest BCUT2D eigenvalue weighted by Gasteiger charge is -2.32. The van der Waals surface area contributed by atoms with Crippen molar-refractivity contribution in [1.29, 1.82) is 0 Å². The number of imidazole rings is 1. The Morgan fingerprint density at radius 2 is 2.23 bits per heavy atom. The van der Waals surface area contributed by atoms with Crippen LogP contribution in [0.1, 0.15) is 37.2 Å². The number of thiazole rings is 1. The highest BCUT2D eigenvalue weighted by atomic mass is 32.1. The Kier molecular flexibility index (Phi) is 4.54. The Bertz CT molecular complexity index is 615. The summed E-state index contributed by atoms with van der Waals surface area (Å²) in [6, 6.07) is 0. The monoisotopic (exact) mass is 320 g/mol. The lowest BCUT2D eigenvalue weighted by Crippen LogP contribution is -2.42. The highest BCUT2D eigenvalue weighted by Gasteiger charge is 2.27. The second kappa shape index (κ2) is 6.58. The highest BCUT2D eigenvalue weighted by Crippen LogP contribution is 2.27. The van der Waals surface area contributed by atoms with Gasteiger partial charge in [0.1, 0.15) is 11.9 Å². The smallest absolute Gasteiger partial charge is 0.251 e. The summed E-state index contributed by atoms with van der Waals surface area (Å²) >= 11 is 1.60. The summed E-state index contributed by atoms with van der Waals surface area (Å²) in [4.78, 5) is 22.4. The number of carbonyl (C=O) groups excluding carboxylic acids is 1. The molecule has 1 saturated heterocycles. The molecule has 2 aromatic rings. The predicted molar refractivity (Wildman–Crippen MR) is 83.7 cm³/mol.